The van der Waals surface area contributed by atoms with Crippen molar-refractivity contribution in [1.29, 1.82) is 0 Å². The summed E-state index contributed by atoms with van der Waals surface area (Å²) < 4.78 is 31.7. The maximum atomic E-state index is 12.7. The lowest BCUT2D eigenvalue weighted by Crippen LogP contribution is -2.16. The Hall–Kier alpha value is -1.53. The molecular formula is C13H15ClN2O3S. The molecule has 0 unspecified atom stereocenters. The van der Waals surface area contributed by atoms with E-state index in [1.165, 1.54) is 35.5 Å². The van der Waals surface area contributed by atoms with E-state index in [0.29, 0.717) is 23.0 Å². The highest BCUT2D eigenvalue weighted by atomic mass is 35.5. The van der Waals surface area contributed by atoms with Gasteiger partial charge in [-0.05, 0) is 19.1 Å². The van der Waals surface area contributed by atoms with Crippen molar-refractivity contribution in [3.8, 4) is 5.75 Å². The van der Waals surface area contributed by atoms with Crippen LogP contribution < -0.4 is 4.74 Å². The summed E-state index contributed by atoms with van der Waals surface area (Å²) in [7, 11) is -2.34. The van der Waals surface area contributed by atoms with E-state index < -0.39 is 10.0 Å². The molecule has 0 saturated carbocycles. The Morgan fingerprint density at radius 2 is 2.10 bits per heavy atom. The van der Waals surface area contributed by atoms with Crippen molar-refractivity contribution in [3.05, 3.63) is 40.9 Å². The molecule has 7 heteroatoms. The highest BCUT2D eigenvalue weighted by molar-refractivity contribution is 7.90. The second kappa shape index (κ2) is 5.46. The molecule has 0 amide bonds. The zero-order valence-electron chi connectivity index (χ0n) is 11.4. The number of ether oxygens (including phenoxy) is 1. The third kappa shape index (κ3) is 2.53. The first-order valence-corrected chi connectivity index (χ1v) is 7.86. The lowest BCUT2D eigenvalue weighted by atomic mass is 10.3. The third-order valence-electron chi connectivity index (χ3n) is 2.84. The van der Waals surface area contributed by atoms with E-state index >= 15 is 0 Å². The van der Waals surface area contributed by atoms with E-state index in [-0.39, 0.29) is 10.6 Å². The van der Waals surface area contributed by atoms with E-state index in [4.69, 9.17) is 16.3 Å². The molecule has 0 bridgehead atoms. The molecule has 0 radical (unpaired) electrons. The van der Waals surface area contributed by atoms with Crippen LogP contribution in [0.1, 0.15) is 18.4 Å². The number of hydrogen-bond acceptors (Lipinski definition) is 4. The SMILES string of the molecule is CCc1nc(C)cn1S(=O)(=O)c1ccc(Cl)cc1OC. The summed E-state index contributed by atoms with van der Waals surface area (Å²) in [5, 5.41) is 0.415. The van der Waals surface area contributed by atoms with E-state index in [9.17, 15) is 8.42 Å². The fraction of sp³-hybridized carbons (Fsp3) is 0.308. The van der Waals surface area contributed by atoms with Crippen molar-refractivity contribution >= 4 is 21.6 Å². The van der Waals surface area contributed by atoms with Crippen molar-refractivity contribution in [1.82, 2.24) is 8.96 Å². The van der Waals surface area contributed by atoms with Gasteiger partial charge in [0, 0.05) is 23.7 Å². The van der Waals surface area contributed by atoms with E-state index in [0.717, 1.165) is 0 Å². The van der Waals surface area contributed by atoms with Crippen LogP contribution in [0.25, 0.3) is 0 Å². The molecule has 1 aromatic carbocycles. The second-order valence-corrected chi connectivity index (χ2v) is 6.47. The van der Waals surface area contributed by atoms with E-state index in [1.807, 2.05) is 6.92 Å². The van der Waals surface area contributed by atoms with Gasteiger partial charge in [0.1, 0.15) is 16.5 Å². The van der Waals surface area contributed by atoms with Gasteiger partial charge >= 0.3 is 0 Å². The smallest absolute Gasteiger partial charge is 0.272 e. The minimum Gasteiger partial charge on any atom is -0.495 e. The summed E-state index contributed by atoms with van der Waals surface area (Å²) in [6.07, 6.45) is 2.02. The van der Waals surface area contributed by atoms with E-state index in [1.54, 1.807) is 6.92 Å². The average Bonchev–Trinajstić information content (AvgIpc) is 2.80. The summed E-state index contributed by atoms with van der Waals surface area (Å²) in [4.78, 5) is 4.28. The quantitative estimate of drug-likeness (QED) is 0.870. The molecule has 0 aliphatic carbocycles. The largest absolute Gasteiger partial charge is 0.495 e. The van der Waals surface area contributed by atoms with Gasteiger partial charge in [-0.3, -0.25) is 0 Å². The Balaban J connectivity index is 2.66. The molecular weight excluding hydrogens is 300 g/mol. The number of imidazole rings is 1. The number of nitrogens with zero attached hydrogens (tertiary/aromatic N) is 2. The predicted octanol–water partition coefficient (Wildman–Crippen LogP) is 2.65. The predicted molar refractivity (Wildman–Crippen MR) is 76.9 cm³/mol. The van der Waals surface area contributed by atoms with Gasteiger partial charge in [0.15, 0.2) is 0 Å². The molecule has 5 nitrogen and oxygen atoms in total. The summed E-state index contributed by atoms with van der Waals surface area (Å²) in [5.74, 6) is 0.699. The first-order valence-electron chi connectivity index (χ1n) is 6.04. The van der Waals surface area contributed by atoms with Crippen LogP contribution in [0.15, 0.2) is 29.3 Å². The lowest BCUT2D eigenvalue weighted by molar-refractivity contribution is 0.402. The number of rotatable bonds is 4. The zero-order valence-corrected chi connectivity index (χ0v) is 13.0. The highest BCUT2D eigenvalue weighted by Crippen LogP contribution is 2.29. The Kier molecular flexibility index (Phi) is 4.06. The average molecular weight is 315 g/mol. The lowest BCUT2D eigenvalue weighted by Gasteiger charge is -2.12. The van der Waals surface area contributed by atoms with Crippen molar-refractivity contribution in [2.45, 2.75) is 25.2 Å². The number of halogens is 1. The molecule has 0 N–H and O–H groups in total. The number of hydrogen-bond donors (Lipinski definition) is 0. The van der Waals surface area contributed by atoms with Gasteiger partial charge < -0.3 is 4.74 Å². The maximum Gasteiger partial charge on any atom is 0.272 e. The summed E-state index contributed by atoms with van der Waals surface area (Å²) in [6.45, 7) is 3.61. The summed E-state index contributed by atoms with van der Waals surface area (Å²) >= 11 is 5.86. The van der Waals surface area contributed by atoms with Crippen LogP contribution in [0.3, 0.4) is 0 Å². The Bertz CT molecular complexity index is 738. The number of aryl methyl sites for hydroxylation is 2. The minimum atomic E-state index is -3.75. The zero-order chi connectivity index (χ0) is 14.9. The molecule has 0 aliphatic heterocycles. The third-order valence-corrected chi connectivity index (χ3v) is 4.80. The topological polar surface area (TPSA) is 61.2 Å². The molecule has 1 aromatic heterocycles. The van der Waals surface area contributed by atoms with Gasteiger partial charge in [0.2, 0.25) is 0 Å². The molecule has 108 valence electrons. The number of aromatic nitrogens is 2. The van der Waals surface area contributed by atoms with Crippen LogP contribution in [0.5, 0.6) is 5.75 Å². The van der Waals surface area contributed by atoms with Crippen molar-refractivity contribution in [2.75, 3.05) is 7.11 Å². The minimum absolute atomic E-state index is 0.0662. The van der Waals surface area contributed by atoms with Gasteiger partial charge in [-0.25, -0.2) is 17.4 Å². The fourth-order valence-electron chi connectivity index (χ4n) is 1.93. The molecule has 2 rings (SSSR count). The van der Waals surface area contributed by atoms with Crippen molar-refractivity contribution < 1.29 is 13.2 Å². The van der Waals surface area contributed by atoms with Gasteiger partial charge in [-0.15, -0.1) is 0 Å². The molecule has 0 spiro atoms. The van der Waals surface area contributed by atoms with Crippen LogP contribution in [0.4, 0.5) is 0 Å². The first kappa shape index (κ1) is 14.9. The van der Waals surface area contributed by atoms with Crippen LogP contribution in [0.2, 0.25) is 5.02 Å². The monoisotopic (exact) mass is 314 g/mol. The fourth-order valence-corrected chi connectivity index (χ4v) is 3.68. The van der Waals surface area contributed by atoms with Gasteiger partial charge in [-0.1, -0.05) is 18.5 Å². The maximum absolute atomic E-state index is 12.7. The highest BCUT2D eigenvalue weighted by Gasteiger charge is 2.24. The summed E-state index contributed by atoms with van der Waals surface area (Å²) in [6, 6.07) is 4.43. The standard InChI is InChI=1S/C13H15ClN2O3S/c1-4-13-15-9(2)8-16(13)20(17,18)12-6-5-10(14)7-11(12)19-3/h5-8H,4H2,1-3H3. The van der Waals surface area contributed by atoms with Gasteiger partial charge in [0.25, 0.3) is 10.0 Å². The van der Waals surface area contributed by atoms with Crippen LogP contribution in [-0.2, 0) is 16.4 Å². The second-order valence-electron chi connectivity index (χ2n) is 4.25. The van der Waals surface area contributed by atoms with Crippen LogP contribution in [-0.4, -0.2) is 24.5 Å². The molecule has 1 heterocycles. The van der Waals surface area contributed by atoms with Crippen LogP contribution in [0, 0.1) is 6.92 Å². The van der Waals surface area contributed by atoms with Crippen LogP contribution >= 0.6 is 11.6 Å². The Morgan fingerprint density at radius 3 is 2.70 bits per heavy atom. The molecule has 0 aliphatic rings. The molecule has 2 aromatic rings. The number of methoxy groups -OCH3 is 1. The van der Waals surface area contributed by atoms with Gasteiger partial charge in [0.05, 0.1) is 12.8 Å². The van der Waals surface area contributed by atoms with E-state index in [2.05, 4.69) is 4.98 Å². The van der Waals surface area contributed by atoms with Crippen molar-refractivity contribution in [3.63, 3.8) is 0 Å². The number of benzene rings is 1. The molecule has 0 atom stereocenters. The normalized spacial score (nSPS) is 11.6. The molecule has 0 saturated heterocycles. The van der Waals surface area contributed by atoms with Crippen molar-refractivity contribution in [2.24, 2.45) is 0 Å². The summed E-state index contributed by atoms with van der Waals surface area (Å²) in [5.41, 5.74) is 0.651. The molecule has 20 heavy (non-hydrogen) atoms. The Morgan fingerprint density at radius 1 is 1.40 bits per heavy atom. The first-order chi connectivity index (χ1) is 9.40. The molecule has 0 fully saturated rings. The Labute approximate surface area is 123 Å². The van der Waals surface area contributed by atoms with Gasteiger partial charge in [-0.2, -0.15) is 0 Å².